The average Bonchev–Trinajstić information content (AvgIpc) is 2.73. The monoisotopic (exact) mass is 226 g/mol. The van der Waals surface area contributed by atoms with E-state index in [4.69, 9.17) is 10.5 Å². The van der Waals surface area contributed by atoms with Crippen LogP contribution in [0.2, 0.25) is 0 Å². The Morgan fingerprint density at radius 2 is 2.19 bits per heavy atom. The molecule has 0 amide bonds. The fourth-order valence-corrected chi connectivity index (χ4v) is 3.15. The van der Waals surface area contributed by atoms with Crippen LogP contribution in [0.15, 0.2) is 0 Å². The maximum absolute atomic E-state index is 5.79. The van der Waals surface area contributed by atoms with Crippen LogP contribution in [0.1, 0.15) is 39.5 Å². The van der Waals surface area contributed by atoms with Gasteiger partial charge in [0.15, 0.2) is 0 Å². The molecule has 2 unspecified atom stereocenters. The molecular weight excluding hydrogens is 200 g/mol. The molecule has 0 aromatic rings. The second-order valence-corrected chi connectivity index (χ2v) is 5.99. The van der Waals surface area contributed by atoms with E-state index < -0.39 is 0 Å². The van der Waals surface area contributed by atoms with Crippen LogP contribution in [-0.4, -0.2) is 42.8 Å². The lowest BCUT2D eigenvalue weighted by Crippen LogP contribution is -2.53. The van der Waals surface area contributed by atoms with Gasteiger partial charge in [0.05, 0.1) is 6.10 Å². The molecule has 2 atom stereocenters. The van der Waals surface area contributed by atoms with E-state index in [0.717, 1.165) is 25.6 Å². The first-order valence-electron chi connectivity index (χ1n) is 6.68. The number of rotatable bonds is 3. The molecule has 2 N–H and O–H groups in total. The van der Waals surface area contributed by atoms with E-state index in [0.29, 0.717) is 11.6 Å². The van der Waals surface area contributed by atoms with Crippen molar-refractivity contribution in [1.29, 1.82) is 0 Å². The van der Waals surface area contributed by atoms with Crippen molar-refractivity contribution < 1.29 is 4.74 Å². The normalized spacial score (nSPS) is 35.4. The van der Waals surface area contributed by atoms with Gasteiger partial charge in [0.25, 0.3) is 0 Å². The minimum Gasteiger partial charge on any atom is -0.377 e. The Kier molecular flexibility index (Phi) is 3.88. The minimum absolute atomic E-state index is 0.300. The van der Waals surface area contributed by atoms with Crippen LogP contribution < -0.4 is 5.73 Å². The first-order chi connectivity index (χ1) is 7.62. The Hall–Kier alpha value is -0.120. The third kappa shape index (κ3) is 2.76. The second-order valence-electron chi connectivity index (χ2n) is 5.99. The van der Waals surface area contributed by atoms with Gasteiger partial charge >= 0.3 is 0 Å². The Labute approximate surface area is 99.3 Å². The third-order valence-electron chi connectivity index (χ3n) is 4.23. The molecule has 0 bridgehead atoms. The fourth-order valence-electron chi connectivity index (χ4n) is 3.15. The van der Waals surface area contributed by atoms with E-state index in [2.05, 4.69) is 18.7 Å². The quantitative estimate of drug-likeness (QED) is 0.794. The summed E-state index contributed by atoms with van der Waals surface area (Å²) in [6, 6.07) is 0. The Morgan fingerprint density at radius 1 is 1.38 bits per heavy atom. The summed E-state index contributed by atoms with van der Waals surface area (Å²) in [5.74, 6) is 0.718. The molecule has 0 aromatic carbocycles. The number of hydrogen-bond acceptors (Lipinski definition) is 3. The predicted octanol–water partition coefficient (Wildman–Crippen LogP) is 1.61. The smallest absolute Gasteiger partial charge is 0.0703 e. The van der Waals surface area contributed by atoms with Gasteiger partial charge in [0, 0.05) is 18.7 Å². The molecule has 3 nitrogen and oxygen atoms in total. The van der Waals surface area contributed by atoms with Gasteiger partial charge in [-0.25, -0.2) is 0 Å². The summed E-state index contributed by atoms with van der Waals surface area (Å²) in [5.41, 5.74) is 6.09. The third-order valence-corrected chi connectivity index (χ3v) is 4.23. The van der Waals surface area contributed by atoms with E-state index in [-0.39, 0.29) is 0 Å². The Morgan fingerprint density at radius 3 is 2.75 bits per heavy atom. The molecule has 16 heavy (non-hydrogen) atoms. The molecule has 2 heterocycles. The highest BCUT2D eigenvalue weighted by molar-refractivity contribution is 4.91. The maximum atomic E-state index is 5.79. The van der Waals surface area contributed by atoms with Crippen LogP contribution >= 0.6 is 0 Å². The molecule has 2 rings (SSSR count). The number of nitrogens with zero attached hydrogens (tertiary/aromatic N) is 1. The summed E-state index contributed by atoms with van der Waals surface area (Å²) < 4.78 is 5.74. The molecule has 2 aliphatic heterocycles. The van der Waals surface area contributed by atoms with Crippen molar-refractivity contribution in [2.75, 3.05) is 26.2 Å². The molecule has 94 valence electrons. The standard InChI is InChI=1S/C13H26N2O/c1-13(2)8-11(9-14)5-6-15(13)10-12-4-3-7-16-12/h11-12H,3-10,14H2,1-2H3. The Balaban J connectivity index is 1.89. The van der Waals surface area contributed by atoms with Crippen LogP contribution in [0.4, 0.5) is 0 Å². The van der Waals surface area contributed by atoms with Gasteiger partial charge < -0.3 is 10.5 Å². The van der Waals surface area contributed by atoms with Crippen LogP contribution in [0.3, 0.4) is 0 Å². The van der Waals surface area contributed by atoms with E-state index in [9.17, 15) is 0 Å². The van der Waals surface area contributed by atoms with Gasteiger partial charge in [0.1, 0.15) is 0 Å². The van der Waals surface area contributed by atoms with Crippen LogP contribution in [0.5, 0.6) is 0 Å². The molecule has 2 fully saturated rings. The summed E-state index contributed by atoms with van der Waals surface area (Å²) in [4.78, 5) is 2.61. The van der Waals surface area contributed by atoms with Crippen LogP contribution in [0.25, 0.3) is 0 Å². The number of ether oxygens (including phenoxy) is 1. The van der Waals surface area contributed by atoms with Gasteiger partial charge in [0.2, 0.25) is 0 Å². The van der Waals surface area contributed by atoms with Gasteiger partial charge in [-0.05, 0) is 58.5 Å². The number of likely N-dealkylation sites (tertiary alicyclic amines) is 1. The second kappa shape index (κ2) is 5.03. The van der Waals surface area contributed by atoms with E-state index in [1.54, 1.807) is 0 Å². The van der Waals surface area contributed by atoms with Gasteiger partial charge in [-0.3, -0.25) is 4.90 Å². The molecular formula is C13H26N2O. The topological polar surface area (TPSA) is 38.5 Å². The van der Waals surface area contributed by atoms with Crippen molar-refractivity contribution >= 4 is 0 Å². The van der Waals surface area contributed by atoms with Crippen molar-refractivity contribution in [1.82, 2.24) is 4.90 Å². The Bertz CT molecular complexity index is 224. The molecule has 2 aliphatic rings. The molecule has 2 saturated heterocycles. The summed E-state index contributed by atoms with van der Waals surface area (Å²) in [6.07, 6.45) is 5.45. The van der Waals surface area contributed by atoms with Crippen molar-refractivity contribution in [2.45, 2.75) is 51.2 Å². The molecule has 0 spiro atoms. The summed E-state index contributed by atoms with van der Waals surface area (Å²) in [6.45, 7) is 8.81. The molecule has 0 aromatic heterocycles. The van der Waals surface area contributed by atoms with E-state index >= 15 is 0 Å². The summed E-state index contributed by atoms with van der Waals surface area (Å²) in [7, 11) is 0. The predicted molar refractivity (Wildman–Crippen MR) is 66.4 cm³/mol. The van der Waals surface area contributed by atoms with Crippen molar-refractivity contribution in [3.8, 4) is 0 Å². The zero-order valence-electron chi connectivity index (χ0n) is 10.7. The lowest BCUT2D eigenvalue weighted by Gasteiger charge is -2.46. The molecule has 0 saturated carbocycles. The minimum atomic E-state index is 0.300. The highest BCUT2D eigenvalue weighted by Gasteiger charge is 2.35. The number of nitrogens with two attached hydrogens (primary N) is 1. The highest BCUT2D eigenvalue weighted by atomic mass is 16.5. The first-order valence-corrected chi connectivity index (χ1v) is 6.68. The lowest BCUT2D eigenvalue weighted by molar-refractivity contribution is -0.00136. The number of hydrogen-bond donors (Lipinski definition) is 1. The largest absolute Gasteiger partial charge is 0.377 e. The van der Waals surface area contributed by atoms with Crippen molar-refractivity contribution in [3.05, 3.63) is 0 Å². The zero-order valence-corrected chi connectivity index (χ0v) is 10.7. The summed E-state index contributed by atoms with van der Waals surface area (Å²) in [5, 5.41) is 0. The first kappa shape index (κ1) is 12.3. The highest BCUT2D eigenvalue weighted by Crippen LogP contribution is 2.31. The molecule has 0 radical (unpaired) electrons. The zero-order chi connectivity index (χ0) is 11.6. The maximum Gasteiger partial charge on any atom is 0.0703 e. The van der Waals surface area contributed by atoms with Gasteiger partial charge in [-0.15, -0.1) is 0 Å². The van der Waals surface area contributed by atoms with Gasteiger partial charge in [-0.1, -0.05) is 0 Å². The van der Waals surface area contributed by atoms with E-state index in [1.807, 2.05) is 0 Å². The average molecular weight is 226 g/mol. The fraction of sp³-hybridized carbons (Fsp3) is 1.00. The van der Waals surface area contributed by atoms with Crippen LogP contribution in [0, 0.1) is 5.92 Å². The summed E-state index contributed by atoms with van der Waals surface area (Å²) >= 11 is 0. The van der Waals surface area contributed by atoms with Crippen molar-refractivity contribution in [2.24, 2.45) is 11.7 Å². The van der Waals surface area contributed by atoms with Crippen molar-refractivity contribution in [3.63, 3.8) is 0 Å². The molecule has 3 heteroatoms. The van der Waals surface area contributed by atoms with E-state index in [1.165, 1.54) is 32.2 Å². The SMILES string of the molecule is CC1(C)CC(CN)CCN1CC1CCCO1. The van der Waals surface area contributed by atoms with Crippen LogP contribution in [-0.2, 0) is 4.74 Å². The number of piperidine rings is 1. The lowest BCUT2D eigenvalue weighted by atomic mass is 9.82. The molecule has 0 aliphatic carbocycles. The van der Waals surface area contributed by atoms with Gasteiger partial charge in [-0.2, -0.15) is 0 Å².